The van der Waals surface area contributed by atoms with Gasteiger partial charge < -0.3 is 14.7 Å². The van der Waals surface area contributed by atoms with Gasteiger partial charge in [0.15, 0.2) is 5.82 Å². The summed E-state index contributed by atoms with van der Waals surface area (Å²) in [5.74, 6) is 1.35. The molecule has 1 aromatic heterocycles. The molecule has 0 unspecified atom stereocenters. The summed E-state index contributed by atoms with van der Waals surface area (Å²) in [5, 5.41) is 10.3. The number of benzene rings is 2. The Morgan fingerprint density at radius 3 is 2.47 bits per heavy atom. The number of halogens is 1. The van der Waals surface area contributed by atoms with E-state index < -0.39 is 6.10 Å². The third kappa shape index (κ3) is 6.55. The molecule has 0 spiro atoms. The fourth-order valence-corrected chi connectivity index (χ4v) is 4.58. The zero-order valence-corrected chi connectivity index (χ0v) is 20.9. The van der Waals surface area contributed by atoms with E-state index in [4.69, 9.17) is 14.7 Å². The second-order valence-corrected chi connectivity index (χ2v) is 9.05. The van der Waals surface area contributed by atoms with Gasteiger partial charge in [-0.05, 0) is 18.1 Å². The summed E-state index contributed by atoms with van der Waals surface area (Å²) in [6.07, 6.45) is 2.32. The Balaban J connectivity index is 1.59. The number of aliphatic hydroxyl groups excluding tert-OH is 1. The van der Waals surface area contributed by atoms with E-state index in [0.29, 0.717) is 37.6 Å². The molecule has 4 rings (SSSR count). The Morgan fingerprint density at radius 2 is 1.78 bits per heavy atom. The SMILES string of the molecule is C=CCOC[C@@H](O)CN1CCN(c2nc(-c3ccccc3)nc(CC)c2Cc2ccccc2F)CC1. The van der Waals surface area contributed by atoms with E-state index in [-0.39, 0.29) is 5.82 Å². The van der Waals surface area contributed by atoms with Crippen molar-refractivity contribution in [1.29, 1.82) is 0 Å². The highest BCUT2D eigenvalue weighted by Gasteiger charge is 2.25. The van der Waals surface area contributed by atoms with E-state index in [1.54, 1.807) is 12.1 Å². The fraction of sp³-hybridized carbons (Fsp3) is 0.379. The minimum absolute atomic E-state index is 0.213. The quantitative estimate of drug-likeness (QED) is 0.322. The number of aryl methyl sites for hydroxylation is 1. The minimum atomic E-state index is -0.538. The maximum atomic E-state index is 14.6. The second-order valence-electron chi connectivity index (χ2n) is 9.05. The molecule has 0 aliphatic carbocycles. The molecule has 36 heavy (non-hydrogen) atoms. The highest BCUT2D eigenvalue weighted by atomic mass is 19.1. The number of aliphatic hydroxyl groups is 1. The largest absolute Gasteiger partial charge is 0.389 e. The molecule has 0 amide bonds. The Labute approximate surface area is 213 Å². The molecule has 1 aliphatic rings. The van der Waals surface area contributed by atoms with Crippen molar-refractivity contribution in [1.82, 2.24) is 14.9 Å². The molecular formula is C29H35FN4O2. The third-order valence-electron chi connectivity index (χ3n) is 6.45. The predicted octanol–water partition coefficient (Wildman–Crippen LogP) is 4.12. The van der Waals surface area contributed by atoms with Gasteiger partial charge in [-0.1, -0.05) is 61.5 Å². The lowest BCUT2D eigenvalue weighted by Crippen LogP contribution is -2.49. The predicted molar refractivity (Wildman–Crippen MR) is 142 cm³/mol. The molecule has 6 nitrogen and oxygen atoms in total. The summed E-state index contributed by atoms with van der Waals surface area (Å²) in [7, 11) is 0. The molecule has 2 heterocycles. The lowest BCUT2D eigenvalue weighted by molar-refractivity contribution is 0.0252. The first-order chi connectivity index (χ1) is 17.6. The van der Waals surface area contributed by atoms with Crippen LogP contribution in [0.25, 0.3) is 11.4 Å². The zero-order chi connectivity index (χ0) is 25.3. The van der Waals surface area contributed by atoms with Gasteiger partial charge in [0.25, 0.3) is 0 Å². The zero-order valence-electron chi connectivity index (χ0n) is 20.9. The Kier molecular flexibility index (Phi) is 9.17. The molecule has 3 aromatic rings. The fourth-order valence-electron chi connectivity index (χ4n) is 4.58. The summed E-state index contributed by atoms with van der Waals surface area (Å²) < 4.78 is 20.0. The van der Waals surface area contributed by atoms with Crippen LogP contribution in [0.1, 0.15) is 23.7 Å². The number of ether oxygens (including phenoxy) is 1. The van der Waals surface area contributed by atoms with Crippen molar-refractivity contribution in [2.75, 3.05) is 50.8 Å². The standard InChI is InChI=1S/C29H35FN4O2/c1-3-18-36-21-24(35)20-33-14-16-34(17-15-33)29-25(19-23-12-8-9-13-26(23)30)27(4-2)31-28(32-29)22-10-6-5-7-11-22/h3,5-13,24,35H,1,4,14-21H2,2H3/t24-/m0/s1. The van der Waals surface area contributed by atoms with Crippen LogP contribution in [0.15, 0.2) is 67.3 Å². The summed E-state index contributed by atoms with van der Waals surface area (Å²) in [6.45, 7) is 10.1. The number of hydrogen-bond donors (Lipinski definition) is 1. The van der Waals surface area contributed by atoms with Gasteiger partial charge in [0.1, 0.15) is 11.6 Å². The van der Waals surface area contributed by atoms with Gasteiger partial charge in [-0.2, -0.15) is 0 Å². The molecule has 0 bridgehead atoms. The van der Waals surface area contributed by atoms with Crippen molar-refractivity contribution in [3.8, 4) is 11.4 Å². The van der Waals surface area contributed by atoms with E-state index >= 15 is 0 Å². The van der Waals surface area contributed by atoms with Crippen molar-refractivity contribution in [2.24, 2.45) is 0 Å². The van der Waals surface area contributed by atoms with Gasteiger partial charge >= 0.3 is 0 Å². The van der Waals surface area contributed by atoms with Gasteiger partial charge in [0, 0.05) is 56.0 Å². The first-order valence-electron chi connectivity index (χ1n) is 12.6. The maximum Gasteiger partial charge on any atom is 0.161 e. The van der Waals surface area contributed by atoms with Crippen LogP contribution in [0.4, 0.5) is 10.2 Å². The molecule has 1 fully saturated rings. The number of piperazine rings is 1. The van der Waals surface area contributed by atoms with E-state index in [1.165, 1.54) is 6.07 Å². The number of anilines is 1. The van der Waals surface area contributed by atoms with Crippen LogP contribution >= 0.6 is 0 Å². The molecule has 190 valence electrons. The number of β-amino-alcohol motifs (C(OH)–C–C–N with tert-alkyl or cyclic N) is 1. The van der Waals surface area contributed by atoms with Gasteiger partial charge in [0.2, 0.25) is 0 Å². The third-order valence-corrected chi connectivity index (χ3v) is 6.45. The van der Waals surface area contributed by atoms with Crippen molar-refractivity contribution in [3.63, 3.8) is 0 Å². The van der Waals surface area contributed by atoms with Gasteiger partial charge in [-0.25, -0.2) is 14.4 Å². The van der Waals surface area contributed by atoms with Crippen molar-refractivity contribution < 1.29 is 14.2 Å². The Hall–Kier alpha value is -3.13. The number of aromatic nitrogens is 2. The van der Waals surface area contributed by atoms with Crippen LogP contribution in [-0.2, 0) is 17.6 Å². The normalized spacial score (nSPS) is 15.1. The van der Waals surface area contributed by atoms with Gasteiger partial charge in [0.05, 0.1) is 19.3 Å². The highest BCUT2D eigenvalue weighted by Crippen LogP contribution is 2.29. The van der Waals surface area contributed by atoms with Crippen molar-refractivity contribution in [3.05, 3.63) is 89.9 Å². The van der Waals surface area contributed by atoms with Gasteiger partial charge in [-0.15, -0.1) is 6.58 Å². The second kappa shape index (κ2) is 12.7. The molecule has 1 N–H and O–H groups in total. The molecule has 1 atom stereocenters. The highest BCUT2D eigenvalue weighted by molar-refractivity contribution is 5.61. The summed E-state index contributed by atoms with van der Waals surface area (Å²) in [4.78, 5) is 14.5. The van der Waals surface area contributed by atoms with Crippen LogP contribution in [-0.4, -0.2) is 72.0 Å². The molecule has 7 heteroatoms. The van der Waals surface area contributed by atoms with E-state index in [1.807, 2.05) is 42.5 Å². The monoisotopic (exact) mass is 490 g/mol. The topological polar surface area (TPSA) is 61.7 Å². The lowest BCUT2D eigenvalue weighted by atomic mass is 10.0. The van der Waals surface area contributed by atoms with Crippen LogP contribution in [0.2, 0.25) is 0 Å². The van der Waals surface area contributed by atoms with Crippen LogP contribution < -0.4 is 4.90 Å². The molecule has 1 aliphatic heterocycles. The number of hydrogen-bond acceptors (Lipinski definition) is 6. The van der Waals surface area contributed by atoms with Crippen LogP contribution in [0.3, 0.4) is 0 Å². The first kappa shape index (κ1) is 25.9. The van der Waals surface area contributed by atoms with Crippen LogP contribution in [0, 0.1) is 5.82 Å². The maximum absolute atomic E-state index is 14.6. The number of nitrogens with zero attached hydrogens (tertiary/aromatic N) is 4. The van der Waals surface area contributed by atoms with Crippen molar-refractivity contribution in [2.45, 2.75) is 25.9 Å². The molecule has 0 saturated carbocycles. The summed E-state index contributed by atoms with van der Waals surface area (Å²) in [5.41, 5.74) is 3.53. The molecule has 0 radical (unpaired) electrons. The lowest BCUT2D eigenvalue weighted by Gasteiger charge is -2.37. The van der Waals surface area contributed by atoms with E-state index in [2.05, 4.69) is 23.3 Å². The van der Waals surface area contributed by atoms with E-state index in [9.17, 15) is 9.50 Å². The minimum Gasteiger partial charge on any atom is -0.389 e. The van der Waals surface area contributed by atoms with E-state index in [0.717, 1.165) is 55.2 Å². The smallest absolute Gasteiger partial charge is 0.161 e. The Bertz CT molecular complexity index is 1130. The number of rotatable bonds is 11. The average Bonchev–Trinajstić information content (AvgIpc) is 2.91. The van der Waals surface area contributed by atoms with Crippen molar-refractivity contribution >= 4 is 5.82 Å². The molecule has 1 saturated heterocycles. The van der Waals surface area contributed by atoms with Crippen LogP contribution in [0.5, 0.6) is 0 Å². The Morgan fingerprint density at radius 1 is 1.06 bits per heavy atom. The van der Waals surface area contributed by atoms with Gasteiger partial charge in [-0.3, -0.25) is 4.90 Å². The summed E-state index contributed by atoms with van der Waals surface area (Å²) in [6, 6.07) is 16.9. The molecular weight excluding hydrogens is 455 g/mol. The first-order valence-corrected chi connectivity index (χ1v) is 12.6. The molecule has 2 aromatic carbocycles. The average molecular weight is 491 g/mol. The summed E-state index contributed by atoms with van der Waals surface area (Å²) >= 11 is 0.